The Hall–Kier alpha value is -2.75. The number of methoxy groups -OCH3 is 2. The van der Waals surface area contributed by atoms with Crippen LogP contribution >= 0.6 is 0 Å². The lowest BCUT2D eigenvalue weighted by Gasteiger charge is -2.10. The molecule has 0 fully saturated rings. The van der Waals surface area contributed by atoms with E-state index in [4.69, 9.17) is 9.47 Å². The number of rotatable bonds is 4. The first kappa shape index (κ1) is 15.2. The number of hydrogen-bond acceptors (Lipinski definition) is 3. The van der Waals surface area contributed by atoms with E-state index < -0.39 is 0 Å². The fraction of sp³-hybridized carbons (Fsp3) is 0.211. The molecule has 3 rings (SSSR count). The van der Waals surface area contributed by atoms with E-state index in [9.17, 15) is 4.79 Å². The van der Waals surface area contributed by atoms with Gasteiger partial charge in [-0.25, -0.2) is 0 Å². The number of aromatic nitrogens is 1. The Morgan fingerprint density at radius 2 is 1.70 bits per heavy atom. The molecule has 0 unspecified atom stereocenters. The Morgan fingerprint density at radius 3 is 2.35 bits per heavy atom. The maximum Gasteiger partial charge on any atom is 0.209 e. The summed E-state index contributed by atoms with van der Waals surface area (Å²) in [6, 6.07) is 13.3. The molecule has 0 aliphatic rings. The molecule has 0 bridgehead atoms. The second-order valence-electron chi connectivity index (χ2n) is 5.45. The van der Waals surface area contributed by atoms with Gasteiger partial charge in [-0.3, -0.25) is 4.79 Å². The Labute approximate surface area is 135 Å². The zero-order valence-corrected chi connectivity index (χ0v) is 13.7. The van der Waals surface area contributed by atoms with Crippen molar-refractivity contribution in [2.75, 3.05) is 14.2 Å². The predicted molar refractivity (Wildman–Crippen MR) is 90.6 cm³/mol. The Morgan fingerprint density at radius 1 is 1.00 bits per heavy atom. The molecule has 0 aliphatic carbocycles. The van der Waals surface area contributed by atoms with Crippen LogP contribution in [0.3, 0.4) is 0 Å². The highest BCUT2D eigenvalue weighted by Gasteiger charge is 2.20. The number of ether oxygens (including phenoxy) is 2. The van der Waals surface area contributed by atoms with Gasteiger partial charge in [-0.2, -0.15) is 0 Å². The Balaban J connectivity index is 2.14. The quantitative estimate of drug-likeness (QED) is 0.689. The monoisotopic (exact) mass is 309 g/mol. The molecule has 0 spiro atoms. The molecule has 23 heavy (non-hydrogen) atoms. The molecule has 118 valence electrons. The van der Waals surface area contributed by atoms with Gasteiger partial charge in [-0.05, 0) is 36.8 Å². The van der Waals surface area contributed by atoms with Crippen molar-refractivity contribution in [1.82, 2.24) is 4.57 Å². The number of fused-ring (bicyclic) bond motifs is 1. The molecule has 2 aromatic carbocycles. The summed E-state index contributed by atoms with van der Waals surface area (Å²) in [6.45, 7) is 1.98. The lowest BCUT2D eigenvalue weighted by atomic mass is 10.0. The number of benzene rings is 2. The summed E-state index contributed by atoms with van der Waals surface area (Å²) in [4.78, 5) is 13.0. The third-order valence-electron chi connectivity index (χ3n) is 4.22. The van der Waals surface area contributed by atoms with Gasteiger partial charge in [0.15, 0.2) is 11.5 Å². The lowest BCUT2D eigenvalue weighted by molar-refractivity contribution is 0.103. The first-order chi connectivity index (χ1) is 11.1. The molecule has 0 N–H and O–H groups in total. The van der Waals surface area contributed by atoms with Crippen LogP contribution in [-0.2, 0) is 7.05 Å². The highest BCUT2D eigenvalue weighted by Crippen LogP contribution is 2.31. The van der Waals surface area contributed by atoms with E-state index in [0.29, 0.717) is 22.8 Å². The molecule has 0 atom stereocenters. The number of nitrogens with zero attached hydrogens (tertiary/aromatic N) is 1. The van der Waals surface area contributed by atoms with Crippen molar-refractivity contribution in [3.8, 4) is 11.5 Å². The average Bonchev–Trinajstić information content (AvgIpc) is 2.85. The highest BCUT2D eigenvalue weighted by atomic mass is 16.5. The molecular weight excluding hydrogens is 290 g/mol. The number of carbonyl (C=O) groups excluding carboxylic acids is 1. The summed E-state index contributed by atoms with van der Waals surface area (Å²) in [5.41, 5.74) is 3.31. The highest BCUT2D eigenvalue weighted by molar-refractivity contribution is 6.12. The predicted octanol–water partition coefficient (Wildman–Crippen LogP) is 3.73. The van der Waals surface area contributed by atoms with Gasteiger partial charge in [0.1, 0.15) is 0 Å². The van der Waals surface area contributed by atoms with Crippen molar-refractivity contribution in [2.45, 2.75) is 6.92 Å². The number of ketones is 1. The largest absolute Gasteiger partial charge is 0.493 e. The van der Waals surface area contributed by atoms with Crippen LogP contribution in [0.15, 0.2) is 42.5 Å². The van der Waals surface area contributed by atoms with Crippen LogP contribution in [0.2, 0.25) is 0 Å². The van der Waals surface area contributed by atoms with Gasteiger partial charge in [0.2, 0.25) is 5.78 Å². The summed E-state index contributed by atoms with van der Waals surface area (Å²) in [5, 5.41) is 1.10. The Kier molecular flexibility index (Phi) is 3.82. The average molecular weight is 309 g/mol. The molecule has 1 heterocycles. The van der Waals surface area contributed by atoms with E-state index in [2.05, 4.69) is 0 Å². The van der Waals surface area contributed by atoms with Crippen LogP contribution < -0.4 is 9.47 Å². The minimum atomic E-state index is -0.0258. The number of para-hydroxylation sites is 1. The molecule has 0 saturated carbocycles. The molecule has 4 nitrogen and oxygen atoms in total. The summed E-state index contributed by atoms with van der Waals surface area (Å²) >= 11 is 0. The molecule has 0 aliphatic heterocycles. The van der Waals surface area contributed by atoms with E-state index >= 15 is 0 Å². The van der Waals surface area contributed by atoms with Crippen molar-refractivity contribution in [3.63, 3.8) is 0 Å². The van der Waals surface area contributed by atoms with Crippen LogP contribution in [-0.4, -0.2) is 24.6 Å². The van der Waals surface area contributed by atoms with Crippen LogP contribution in [0, 0.1) is 6.92 Å². The lowest BCUT2D eigenvalue weighted by Crippen LogP contribution is -2.09. The molecule has 4 heteroatoms. The van der Waals surface area contributed by atoms with Gasteiger partial charge in [-0.1, -0.05) is 18.2 Å². The zero-order valence-electron chi connectivity index (χ0n) is 13.7. The first-order valence-corrected chi connectivity index (χ1v) is 7.39. The summed E-state index contributed by atoms with van der Waals surface area (Å²) < 4.78 is 12.5. The van der Waals surface area contributed by atoms with E-state index in [1.54, 1.807) is 32.4 Å². The van der Waals surface area contributed by atoms with Gasteiger partial charge < -0.3 is 14.0 Å². The smallest absolute Gasteiger partial charge is 0.209 e. The molecule has 1 aromatic heterocycles. The van der Waals surface area contributed by atoms with Gasteiger partial charge in [0.05, 0.1) is 19.9 Å². The second-order valence-corrected chi connectivity index (χ2v) is 5.45. The van der Waals surface area contributed by atoms with Crippen molar-refractivity contribution < 1.29 is 14.3 Å². The third kappa shape index (κ3) is 2.36. The summed E-state index contributed by atoms with van der Waals surface area (Å²) in [6.07, 6.45) is 0. The topological polar surface area (TPSA) is 40.5 Å². The fourth-order valence-electron chi connectivity index (χ4n) is 3.02. The van der Waals surface area contributed by atoms with Crippen molar-refractivity contribution in [2.24, 2.45) is 7.05 Å². The van der Waals surface area contributed by atoms with E-state index in [1.165, 1.54) is 0 Å². The standard InChI is InChI=1S/C19H19NO3/c1-12-14-7-5-6-8-15(14)20(2)18(12)19(21)13-9-10-16(22-3)17(11-13)23-4/h5-11H,1-4H3. The molecule has 0 amide bonds. The minimum absolute atomic E-state index is 0.0258. The van der Waals surface area contributed by atoms with Crippen molar-refractivity contribution in [1.29, 1.82) is 0 Å². The molecular formula is C19H19NO3. The SMILES string of the molecule is COc1ccc(C(=O)c2c(C)c3ccccc3n2C)cc1OC. The van der Waals surface area contributed by atoms with E-state index in [1.807, 2.05) is 42.8 Å². The maximum absolute atomic E-state index is 13.0. The molecule has 0 saturated heterocycles. The second kappa shape index (κ2) is 5.80. The van der Waals surface area contributed by atoms with Crippen LogP contribution in [0.1, 0.15) is 21.6 Å². The number of carbonyl (C=O) groups is 1. The third-order valence-corrected chi connectivity index (χ3v) is 4.22. The molecule has 3 aromatic rings. The summed E-state index contributed by atoms with van der Waals surface area (Å²) in [5.74, 6) is 1.13. The minimum Gasteiger partial charge on any atom is -0.493 e. The fourth-order valence-corrected chi connectivity index (χ4v) is 3.02. The van der Waals surface area contributed by atoms with Gasteiger partial charge in [0.25, 0.3) is 0 Å². The van der Waals surface area contributed by atoms with Crippen LogP contribution in [0.5, 0.6) is 11.5 Å². The van der Waals surface area contributed by atoms with Gasteiger partial charge in [0, 0.05) is 23.5 Å². The van der Waals surface area contributed by atoms with Crippen molar-refractivity contribution >= 4 is 16.7 Å². The normalized spacial score (nSPS) is 10.8. The zero-order chi connectivity index (χ0) is 16.6. The number of aryl methyl sites for hydroxylation is 2. The number of hydrogen-bond donors (Lipinski definition) is 0. The van der Waals surface area contributed by atoms with Gasteiger partial charge in [-0.15, -0.1) is 0 Å². The van der Waals surface area contributed by atoms with E-state index in [-0.39, 0.29) is 5.78 Å². The van der Waals surface area contributed by atoms with Crippen LogP contribution in [0.25, 0.3) is 10.9 Å². The van der Waals surface area contributed by atoms with Crippen LogP contribution in [0.4, 0.5) is 0 Å². The first-order valence-electron chi connectivity index (χ1n) is 7.39. The summed E-state index contributed by atoms with van der Waals surface area (Å²) in [7, 11) is 5.06. The molecule has 0 radical (unpaired) electrons. The van der Waals surface area contributed by atoms with Gasteiger partial charge >= 0.3 is 0 Å². The Bertz CT molecular complexity index is 854. The maximum atomic E-state index is 13.0. The van der Waals surface area contributed by atoms with E-state index in [0.717, 1.165) is 16.5 Å². The van der Waals surface area contributed by atoms with Crippen molar-refractivity contribution in [3.05, 3.63) is 59.3 Å².